The molecule has 552 valence electrons. The van der Waals surface area contributed by atoms with Gasteiger partial charge in [0.2, 0.25) is 17.6 Å². The molecule has 7 atom stereocenters. The number of aromatic nitrogens is 4. The summed E-state index contributed by atoms with van der Waals surface area (Å²) < 4.78 is 152. The molecule has 100 heavy (non-hydrogen) atoms. The Kier molecular flexibility index (Phi) is 25.2. The molecule has 1 aliphatic carbocycles. The Morgan fingerprint density at radius 2 is 1.36 bits per heavy atom. The minimum absolute atomic E-state index is 0.0831. The number of aliphatic hydroxyl groups is 1. The summed E-state index contributed by atoms with van der Waals surface area (Å²) in [6, 6.07) is 11.5. The lowest BCUT2D eigenvalue weighted by molar-refractivity contribution is -0.539. The number of H-pyrrole nitrogens is 1. The molecule has 0 radical (unpaired) electrons. The van der Waals surface area contributed by atoms with Crippen LogP contribution in [0.25, 0.3) is 11.2 Å². The number of nitrogen functional groups attached to an aromatic ring is 1. The van der Waals surface area contributed by atoms with Crippen LogP contribution in [0.4, 0.5) is 17.3 Å². The average Bonchev–Trinajstić information content (AvgIpc) is 1.59. The number of imidazole rings is 1. The number of phosphoric acid groups is 4. The predicted octanol–water partition coefficient (Wildman–Crippen LogP) is 7.68. The molecular formula is C58H82N9O26P4S3+. The van der Waals surface area contributed by atoms with E-state index in [1.165, 1.54) is 0 Å². The monoisotopic (exact) mass is 1540 g/mol. The number of anilines is 3. The second-order valence-corrected chi connectivity index (χ2v) is 35.0. The van der Waals surface area contributed by atoms with E-state index in [1.54, 1.807) is 12.1 Å². The van der Waals surface area contributed by atoms with Crippen molar-refractivity contribution >= 4 is 105 Å². The van der Waals surface area contributed by atoms with E-state index >= 15 is 0 Å². The van der Waals surface area contributed by atoms with Crippen LogP contribution in [0.1, 0.15) is 128 Å². The van der Waals surface area contributed by atoms with E-state index in [-0.39, 0.29) is 67.7 Å². The molecule has 42 heteroatoms. The molecule has 1 amide bonds. The number of nitrogens with zero attached hydrogens (tertiary/aromatic N) is 6. The van der Waals surface area contributed by atoms with Crippen LogP contribution in [-0.2, 0) is 90.2 Å². The minimum Gasteiger partial charge on any atom is -0.388 e. The Balaban J connectivity index is 0.817. The molecule has 2 aromatic heterocycles. The van der Waals surface area contributed by atoms with Crippen LogP contribution in [0, 0.1) is 12.8 Å². The van der Waals surface area contributed by atoms with Gasteiger partial charge < -0.3 is 55.2 Å². The molecule has 2 aromatic carbocycles. The quantitative estimate of drug-likeness (QED) is 0.00336. The Morgan fingerprint density at radius 1 is 0.800 bits per heavy atom. The number of allylic oxidation sites excluding steroid dienone is 8. The van der Waals surface area contributed by atoms with Gasteiger partial charge >= 0.3 is 31.3 Å². The SMILES string of the molecule is Cc1ccc2c(c1)C(C)(C)/C(=C/C=C1\CCC/C(=C\C=C3/N(CCCS(=O)(=O)O)c4ccc(OOOS)cc4C3(C)C)C1=[N+]1CCC(C(=O)NCCCCCCOP(=O)(O)OP(=O)(O)OP(=O)(O)OP(=O)(O)O[C@H]3O[C@@H](n4cnc5c(=O)[nH]c(N)nc54)CC3O)CC1)N2CCCS(=O)(=O)O. The molecule has 5 unspecified atom stereocenters. The van der Waals surface area contributed by atoms with Gasteiger partial charge in [0.1, 0.15) is 25.4 Å². The Hall–Kier alpha value is -5.34. The number of unbranched alkanes of at least 4 members (excludes halogenated alkanes) is 3. The number of thiol groups is 1. The van der Waals surface area contributed by atoms with Crippen molar-refractivity contribution in [3.05, 3.63) is 117 Å². The molecule has 3 fully saturated rings. The number of hydrogen-bond donors (Lipinski definition) is 11. The summed E-state index contributed by atoms with van der Waals surface area (Å²) in [7, 11) is -32.2. The number of nitrogens with two attached hydrogens (primary N) is 1. The number of piperidine rings is 1. The first-order valence-corrected chi connectivity index (χ1v) is 41.3. The number of carbonyl (C=O) groups excluding carboxylic acids is 1. The van der Waals surface area contributed by atoms with Crippen molar-refractivity contribution in [3.8, 4) is 5.75 Å². The fourth-order valence-corrected chi connectivity index (χ4v) is 19.0. The third-order valence-corrected chi connectivity index (χ3v) is 25.1. The van der Waals surface area contributed by atoms with Gasteiger partial charge in [-0.15, -0.1) is 4.33 Å². The lowest BCUT2D eigenvalue weighted by Crippen LogP contribution is -2.40. The highest BCUT2D eigenvalue weighted by atomic mass is 32.2. The van der Waals surface area contributed by atoms with Crippen molar-refractivity contribution in [2.45, 2.75) is 141 Å². The maximum Gasteiger partial charge on any atom is 0.490 e. The van der Waals surface area contributed by atoms with Gasteiger partial charge in [-0.3, -0.25) is 37.3 Å². The molecule has 35 nitrogen and oxygen atoms in total. The summed E-state index contributed by atoms with van der Waals surface area (Å²) >= 11 is 3.59. The van der Waals surface area contributed by atoms with Crippen molar-refractivity contribution < 1.29 is 119 Å². The molecule has 11 N–H and O–H groups in total. The fraction of sp³-hybridized carbons (Fsp3) is 0.534. The number of aromatic amines is 1. The van der Waals surface area contributed by atoms with Crippen LogP contribution in [0.2, 0.25) is 0 Å². The zero-order chi connectivity index (χ0) is 73.0. The number of rotatable bonds is 31. The third-order valence-electron chi connectivity index (χ3n) is 17.5. The zero-order valence-corrected chi connectivity index (χ0v) is 61.1. The van der Waals surface area contributed by atoms with Crippen molar-refractivity contribution in [1.82, 2.24) is 24.8 Å². The highest BCUT2D eigenvalue weighted by Crippen LogP contribution is 2.72. The molecule has 9 rings (SSSR count). The number of nitrogens with one attached hydrogen (secondary N) is 2. The normalized spacial score (nSPS) is 24.2. The van der Waals surface area contributed by atoms with E-state index in [9.17, 15) is 78.5 Å². The van der Waals surface area contributed by atoms with Gasteiger partial charge in [-0.2, -0.15) is 34.8 Å². The summed E-state index contributed by atoms with van der Waals surface area (Å²) in [5, 5.41) is 18.1. The number of amides is 1. The standard InChI is InChI=1S/C58H81N9O26P4S3/c1-37-15-19-44-42(33-37)57(2,3)47(65(44)26-11-31-99(79,80)81)21-16-38-13-10-14-39(17-22-48-58(4,5)43-34-41(87-89-90-98)18-20-45(43)66(48)27-12-32-100(82,83)84)51(38)64-28-23-40(24-29-64)53(69)60-25-8-6-7-9-30-85-94(71,72)91-96(75,76)93-97(77,78)92-95(73,74)88-55-46(68)35-49(86-55)67-36-61-50-52(67)62-56(59)63-54(50)70/h15-22,33-34,36,40,46,49,55,68H,6-14,23-32,35H2,1-5H3,(H10-,59,60,62,63,69,70,71,72,73,74,75,76,77,78,79,80,81,82,83,84,98)/p+1/t46?,49-,55-/m1/s1. The average molecular weight is 1540 g/mol. The Labute approximate surface area is 581 Å². The first-order valence-electron chi connectivity index (χ1n) is 31.7. The Bertz CT molecular complexity index is 4400. The number of benzene rings is 2. The number of aliphatic hydroxyl groups excluding tert-OH is 1. The maximum absolute atomic E-state index is 13.8. The first kappa shape index (κ1) is 78.8. The highest BCUT2D eigenvalue weighted by molar-refractivity contribution is 7.86. The van der Waals surface area contributed by atoms with Gasteiger partial charge in [-0.25, -0.2) is 27.8 Å². The van der Waals surface area contributed by atoms with E-state index in [4.69, 9.17) is 19.9 Å². The van der Waals surface area contributed by atoms with Crippen LogP contribution >= 0.6 is 44.2 Å². The van der Waals surface area contributed by atoms with Crippen molar-refractivity contribution in [1.29, 1.82) is 0 Å². The first-order chi connectivity index (χ1) is 46.8. The number of phosphoric ester groups is 2. The molecule has 2 saturated heterocycles. The van der Waals surface area contributed by atoms with Crippen molar-refractivity contribution in [2.75, 3.05) is 66.4 Å². The van der Waals surface area contributed by atoms with E-state index < -0.39 is 105 Å². The number of aryl methyl sites for hydroxylation is 1. The second-order valence-electron chi connectivity index (χ2n) is 25.5. The summed E-state index contributed by atoms with van der Waals surface area (Å²) in [6.07, 6.45) is 8.83. The van der Waals surface area contributed by atoms with Crippen LogP contribution in [-0.4, -0.2) is 150 Å². The van der Waals surface area contributed by atoms with Crippen LogP contribution < -0.4 is 31.3 Å². The molecule has 1 saturated carbocycles. The smallest absolute Gasteiger partial charge is 0.388 e. The van der Waals surface area contributed by atoms with Gasteiger partial charge in [-0.1, -0.05) is 70.4 Å². The van der Waals surface area contributed by atoms with Gasteiger partial charge in [0, 0.05) is 102 Å². The van der Waals surface area contributed by atoms with Crippen LogP contribution in [0.5, 0.6) is 5.75 Å². The van der Waals surface area contributed by atoms with Crippen LogP contribution in [0.15, 0.2) is 94.4 Å². The molecule has 0 spiro atoms. The van der Waals surface area contributed by atoms with Gasteiger partial charge in [-0.05, 0) is 104 Å². The molecule has 5 aliphatic rings. The molecular weight excluding hydrogens is 1460 g/mol. The molecule has 0 bridgehead atoms. The zero-order valence-electron chi connectivity index (χ0n) is 55.0. The fourth-order valence-electron chi connectivity index (χ4n) is 13.0. The molecule has 4 aromatic rings. The van der Waals surface area contributed by atoms with E-state index in [2.05, 4.69) is 108 Å². The van der Waals surface area contributed by atoms with Gasteiger partial charge in [0.25, 0.3) is 25.8 Å². The lowest BCUT2D eigenvalue weighted by atomic mass is 9.81. The maximum atomic E-state index is 13.8. The number of ether oxygens (including phenoxy) is 1. The van der Waals surface area contributed by atoms with Crippen molar-refractivity contribution in [3.63, 3.8) is 0 Å². The van der Waals surface area contributed by atoms with Gasteiger partial charge in [0.15, 0.2) is 23.2 Å². The summed E-state index contributed by atoms with van der Waals surface area (Å²) in [6.45, 7) is 11.6. The van der Waals surface area contributed by atoms with E-state index in [1.807, 2.05) is 49.9 Å². The third kappa shape index (κ3) is 20.1. The number of fused-ring (bicyclic) bond motifs is 3. The van der Waals surface area contributed by atoms with Gasteiger partial charge in [0.05, 0.1) is 24.4 Å². The van der Waals surface area contributed by atoms with E-state index in [0.29, 0.717) is 70.3 Å². The number of carbonyl (C=O) groups is 1. The minimum atomic E-state index is -6.20. The predicted molar refractivity (Wildman–Crippen MR) is 364 cm³/mol. The summed E-state index contributed by atoms with van der Waals surface area (Å²) in [5.74, 6) is -1.35. The largest absolute Gasteiger partial charge is 0.490 e. The molecule has 4 aliphatic heterocycles. The topological polar surface area (TPSA) is 489 Å². The van der Waals surface area contributed by atoms with Crippen LogP contribution in [0.3, 0.4) is 0 Å². The highest BCUT2D eigenvalue weighted by Gasteiger charge is 2.49. The summed E-state index contributed by atoms with van der Waals surface area (Å²) in [4.78, 5) is 85.9. The number of hydrogen-bond acceptors (Lipinski definition) is 26. The molecule has 6 heterocycles. The lowest BCUT2D eigenvalue weighted by Gasteiger charge is -2.28. The summed E-state index contributed by atoms with van der Waals surface area (Å²) in [5.41, 5.74) is 12.9. The van der Waals surface area contributed by atoms with Crippen molar-refractivity contribution in [2.24, 2.45) is 5.92 Å². The Morgan fingerprint density at radius 3 is 1.95 bits per heavy atom. The van der Waals surface area contributed by atoms with E-state index in [0.717, 1.165) is 73.6 Å². The second kappa shape index (κ2) is 31.9.